The van der Waals surface area contributed by atoms with Crippen molar-refractivity contribution in [2.75, 3.05) is 5.73 Å². The Morgan fingerprint density at radius 3 is 3.17 bits per heavy atom. The van der Waals surface area contributed by atoms with Crippen LogP contribution in [0.3, 0.4) is 0 Å². The predicted molar refractivity (Wildman–Crippen MR) is 42.8 cm³/mol. The van der Waals surface area contributed by atoms with Gasteiger partial charge in [0.25, 0.3) is 11.3 Å². The van der Waals surface area contributed by atoms with Crippen LogP contribution in [-0.2, 0) is 0 Å². The molecule has 0 saturated heterocycles. The highest BCUT2D eigenvalue weighted by atomic mass is 16.1. The van der Waals surface area contributed by atoms with Crippen LogP contribution in [-0.4, -0.2) is 19.6 Å². The largest absolute Gasteiger partial charge is 0.393 e. The topological polar surface area (TPSA) is 89.1 Å². The van der Waals surface area contributed by atoms with Crippen LogP contribution < -0.4 is 11.3 Å². The summed E-state index contributed by atoms with van der Waals surface area (Å²) >= 11 is 0. The average molecular weight is 165 g/mol. The Hall–Kier alpha value is -1.85. The molecule has 0 atom stereocenters. The molecule has 0 radical (unpaired) electrons. The molecule has 3 N–H and O–H groups in total. The summed E-state index contributed by atoms with van der Waals surface area (Å²) in [5.41, 5.74) is 5.14. The first-order chi connectivity index (χ1) is 5.68. The third-order valence-corrected chi connectivity index (χ3v) is 1.51. The maximum atomic E-state index is 11.3. The number of anilines is 1. The monoisotopic (exact) mass is 165 g/mol. The van der Waals surface area contributed by atoms with Crippen molar-refractivity contribution in [3.05, 3.63) is 22.4 Å². The van der Waals surface area contributed by atoms with Gasteiger partial charge in [-0.3, -0.25) is 9.89 Å². The van der Waals surface area contributed by atoms with E-state index in [2.05, 4.69) is 15.1 Å². The van der Waals surface area contributed by atoms with Gasteiger partial charge in [0.1, 0.15) is 11.5 Å². The van der Waals surface area contributed by atoms with Crippen molar-refractivity contribution >= 4 is 11.5 Å². The molecule has 0 aromatic carbocycles. The molecule has 0 saturated carbocycles. The van der Waals surface area contributed by atoms with Gasteiger partial charge in [-0.1, -0.05) is 0 Å². The summed E-state index contributed by atoms with van der Waals surface area (Å²) in [6.07, 6.45) is 1.30. The number of aromatic amines is 1. The van der Waals surface area contributed by atoms with E-state index >= 15 is 0 Å². The van der Waals surface area contributed by atoms with Gasteiger partial charge in [-0.05, 0) is 6.92 Å². The standard InChI is InChI=1S/C6H7N5O/c1-3-9-6-8-2-4(7)5(12)11(6)10-3/h2H,7H2,1H3,(H,8,9,10). The van der Waals surface area contributed by atoms with E-state index in [1.54, 1.807) is 6.92 Å². The molecule has 2 heterocycles. The lowest BCUT2D eigenvalue weighted by atomic mass is 10.5. The number of hydrogen-bond acceptors (Lipinski definition) is 4. The molecule has 0 unspecified atom stereocenters. The number of nitrogens with one attached hydrogen (secondary N) is 1. The van der Waals surface area contributed by atoms with Crippen molar-refractivity contribution in [2.45, 2.75) is 6.92 Å². The fraction of sp³-hybridized carbons (Fsp3) is 0.167. The summed E-state index contributed by atoms with van der Waals surface area (Å²) in [7, 11) is 0. The summed E-state index contributed by atoms with van der Waals surface area (Å²) < 4.78 is 1.21. The van der Waals surface area contributed by atoms with Crippen molar-refractivity contribution in [2.24, 2.45) is 0 Å². The van der Waals surface area contributed by atoms with E-state index in [-0.39, 0.29) is 11.2 Å². The Labute approximate surface area is 67.0 Å². The predicted octanol–water partition coefficient (Wildman–Crippen LogP) is -0.692. The molecule has 0 aliphatic rings. The average Bonchev–Trinajstić information content (AvgIpc) is 2.39. The van der Waals surface area contributed by atoms with Crippen molar-refractivity contribution in [3.8, 4) is 0 Å². The van der Waals surface area contributed by atoms with E-state index in [0.717, 1.165) is 0 Å². The van der Waals surface area contributed by atoms with Crippen LogP contribution in [0.25, 0.3) is 5.78 Å². The summed E-state index contributed by atoms with van der Waals surface area (Å²) in [6, 6.07) is 0. The van der Waals surface area contributed by atoms with Gasteiger partial charge in [-0.25, -0.2) is 4.98 Å². The quantitative estimate of drug-likeness (QED) is 0.540. The second-order valence-electron chi connectivity index (χ2n) is 2.46. The summed E-state index contributed by atoms with van der Waals surface area (Å²) in [4.78, 5) is 19.1. The molecule has 6 nitrogen and oxygen atoms in total. The van der Waals surface area contributed by atoms with Crippen LogP contribution in [0, 0.1) is 6.92 Å². The number of nitrogen functional groups attached to an aromatic ring is 1. The third-order valence-electron chi connectivity index (χ3n) is 1.51. The second-order valence-corrected chi connectivity index (χ2v) is 2.46. The number of H-pyrrole nitrogens is 1. The number of aryl methyl sites for hydroxylation is 1. The normalized spacial score (nSPS) is 10.8. The first-order valence-electron chi connectivity index (χ1n) is 3.38. The van der Waals surface area contributed by atoms with Gasteiger partial charge in [0, 0.05) is 0 Å². The highest BCUT2D eigenvalue weighted by Gasteiger charge is 2.03. The molecule has 0 aliphatic heterocycles. The van der Waals surface area contributed by atoms with Gasteiger partial charge in [0.15, 0.2) is 0 Å². The van der Waals surface area contributed by atoms with Gasteiger partial charge in [-0.2, -0.15) is 9.50 Å². The minimum Gasteiger partial charge on any atom is -0.393 e. The van der Waals surface area contributed by atoms with E-state index in [4.69, 9.17) is 5.73 Å². The molecule has 12 heavy (non-hydrogen) atoms. The highest BCUT2D eigenvalue weighted by molar-refractivity contribution is 5.37. The van der Waals surface area contributed by atoms with E-state index in [1.165, 1.54) is 10.7 Å². The second kappa shape index (κ2) is 2.07. The first kappa shape index (κ1) is 6.84. The molecule has 0 aliphatic carbocycles. The van der Waals surface area contributed by atoms with Gasteiger partial charge >= 0.3 is 0 Å². The van der Waals surface area contributed by atoms with Gasteiger partial charge in [0.2, 0.25) is 0 Å². The Bertz CT molecular complexity index is 482. The summed E-state index contributed by atoms with van der Waals surface area (Å²) in [5, 5.41) is 2.72. The Morgan fingerprint density at radius 2 is 2.42 bits per heavy atom. The highest BCUT2D eigenvalue weighted by Crippen LogP contribution is 1.94. The molecule has 0 fully saturated rings. The number of nitrogens with zero attached hydrogens (tertiary/aromatic N) is 3. The summed E-state index contributed by atoms with van der Waals surface area (Å²) in [5.74, 6) is 0.969. The molecular weight excluding hydrogens is 158 g/mol. The Kier molecular flexibility index (Phi) is 1.18. The molecule has 0 amide bonds. The SMILES string of the molecule is Cc1nc2ncc(N)c(=O)n2[nH]1. The number of fused-ring (bicyclic) bond motifs is 1. The zero-order chi connectivity index (χ0) is 8.72. The number of hydrogen-bond donors (Lipinski definition) is 2. The zero-order valence-electron chi connectivity index (χ0n) is 6.40. The third kappa shape index (κ3) is 0.777. The number of aromatic nitrogens is 4. The van der Waals surface area contributed by atoms with Crippen LogP contribution in [0.4, 0.5) is 5.69 Å². The van der Waals surface area contributed by atoms with E-state index in [0.29, 0.717) is 11.6 Å². The van der Waals surface area contributed by atoms with Gasteiger partial charge in [0.05, 0.1) is 6.20 Å². The molecule has 62 valence electrons. The van der Waals surface area contributed by atoms with Gasteiger partial charge < -0.3 is 5.73 Å². The molecule has 2 aromatic heterocycles. The first-order valence-corrected chi connectivity index (χ1v) is 3.38. The molecular formula is C6H7N5O. The maximum absolute atomic E-state index is 11.3. The molecule has 0 spiro atoms. The number of rotatable bonds is 0. The lowest BCUT2D eigenvalue weighted by Gasteiger charge is -1.90. The lowest BCUT2D eigenvalue weighted by molar-refractivity contribution is 0.884. The molecule has 6 heteroatoms. The number of nitrogens with two attached hydrogens (primary N) is 1. The van der Waals surface area contributed by atoms with Crippen LogP contribution >= 0.6 is 0 Å². The minimum atomic E-state index is -0.319. The van der Waals surface area contributed by atoms with Crippen LogP contribution in [0.1, 0.15) is 5.82 Å². The fourth-order valence-corrected chi connectivity index (χ4v) is 0.977. The van der Waals surface area contributed by atoms with Crippen molar-refractivity contribution in [3.63, 3.8) is 0 Å². The van der Waals surface area contributed by atoms with E-state index in [1.807, 2.05) is 0 Å². The molecule has 0 bridgehead atoms. The Balaban J connectivity index is 2.99. The van der Waals surface area contributed by atoms with E-state index < -0.39 is 0 Å². The van der Waals surface area contributed by atoms with Crippen LogP contribution in [0.5, 0.6) is 0 Å². The van der Waals surface area contributed by atoms with Crippen LogP contribution in [0.2, 0.25) is 0 Å². The molecule has 2 aromatic rings. The van der Waals surface area contributed by atoms with Gasteiger partial charge in [-0.15, -0.1) is 0 Å². The van der Waals surface area contributed by atoms with Crippen molar-refractivity contribution in [1.82, 2.24) is 19.6 Å². The maximum Gasteiger partial charge on any atom is 0.297 e. The van der Waals surface area contributed by atoms with E-state index in [9.17, 15) is 4.79 Å². The van der Waals surface area contributed by atoms with Crippen LogP contribution in [0.15, 0.2) is 11.0 Å². The summed E-state index contributed by atoms with van der Waals surface area (Å²) in [6.45, 7) is 1.74. The fourth-order valence-electron chi connectivity index (χ4n) is 0.977. The smallest absolute Gasteiger partial charge is 0.297 e. The molecule has 2 rings (SSSR count). The minimum absolute atomic E-state index is 0.108. The van der Waals surface area contributed by atoms with Crippen molar-refractivity contribution in [1.29, 1.82) is 0 Å². The zero-order valence-corrected chi connectivity index (χ0v) is 6.40. The Morgan fingerprint density at radius 1 is 1.67 bits per heavy atom. The van der Waals surface area contributed by atoms with Crippen molar-refractivity contribution < 1.29 is 0 Å². The lowest BCUT2D eigenvalue weighted by Crippen LogP contribution is -2.18.